The molecule has 0 atom stereocenters. The van der Waals surface area contributed by atoms with Gasteiger partial charge in [0.2, 0.25) is 5.91 Å². The molecule has 1 amide bonds. The SMILES string of the molecule is O=C(CN1CCC(c2c[nH]c3cc(F)ccc23)CC1)N1CCc2[nH]c3ccccc3c2C1. The molecule has 2 aliphatic rings. The minimum atomic E-state index is -0.211. The minimum absolute atomic E-state index is 0.211. The van der Waals surface area contributed by atoms with Crippen LogP contribution in [0.3, 0.4) is 0 Å². The fourth-order valence-electron chi connectivity index (χ4n) is 5.53. The van der Waals surface area contributed by atoms with Gasteiger partial charge in [-0.05, 0) is 61.7 Å². The smallest absolute Gasteiger partial charge is 0.237 e. The number of carbonyl (C=O) groups is 1. The van der Waals surface area contributed by atoms with Crippen LogP contribution in [0.2, 0.25) is 0 Å². The second-order valence-electron chi connectivity index (χ2n) is 9.18. The van der Waals surface area contributed by atoms with E-state index in [1.165, 1.54) is 28.3 Å². The molecule has 164 valence electrons. The Morgan fingerprint density at radius 3 is 2.75 bits per heavy atom. The summed E-state index contributed by atoms with van der Waals surface area (Å²) in [5, 5.41) is 2.35. The van der Waals surface area contributed by atoms with E-state index in [0.29, 0.717) is 19.0 Å². The first-order chi connectivity index (χ1) is 15.7. The summed E-state index contributed by atoms with van der Waals surface area (Å²) in [7, 11) is 0. The largest absolute Gasteiger partial charge is 0.361 e. The van der Waals surface area contributed by atoms with E-state index in [1.54, 1.807) is 6.07 Å². The summed E-state index contributed by atoms with van der Waals surface area (Å²) in [5.41, 5.74) is 5.84. The molecule has 2 aromatic carbocycles. The highest BCUT2D eigenvalue weighted by Gasteiger charge is 2.28. The normalized spacial score (nSPS) is 17.8. The van der Waals surface area contributed by atoms with Crippen LogP contribution in [0.25, 0.3) is 21.8 Å². The Morgan fingerprint density at radius 2 is 1.88 bits per heavy atom. The van der Waals surface area contributed by atoms with E-state index in [9.17, 15) is 9.18 Å². The number of aromatic amines is 2. The summed E-state index contributed by atoms with van der Waals surface area (Å²) in [6.45, 7) is 3.79. The molecule has 2 N–H and O–H groups in total. The molecule has 0 radical (unpaired) electrons. The number of aromatic nitrogens is 2. The molecule has 0 unspecified atom stereocenters. The highest BCUT2D eigenvalue weighted by Crippen LogP contribution is 2.33. The lowest BCUT2D eigenvalue weighted by Crippen LogP contribution is -2.44. The van der Waals surface area contributed by atoms with Gasteiger partial charge in [0.05, 0.1) is 6.54 Å². The van der Waals surface area contributed by atoms with Gasteiger partial charge in [0.1, 0.15) is 5.82 Å². The second-order valence-corrected chi connectivity index (χ2v) is 9.18. The predicted octanol–water partition coefficient (Wildman–Crippen LogP) is 4.55. The van der Waals surface area contributed by atoms with E-state index in [1.807, 2.05) is 23.2 Å². The van der Waals surface area contributed by atoms with E-state index in [-0.39, 0.29) is 11.7 Å². The van der Waals surface area contributed by atoms with Crippen LogP contribution in [-0.4, -0.2) is 51.9 Å². The maximum Gasteiger partial charge on any atom is 0.237 e. The summed E-state index contributed by atoms with van der Waals surface area (Å²) in [4.78, 5) is 24.1. The van der Waals surface area contributed by atoms with Crippen molar-refractivity contribution in [1.29, 1.82) is 0 Å². The lowest BCUT2D eigenvalue weighted by molar-refractivity contribution is -0.133. The Morgan fingerprint density at radius 1 is 1.03 bits per heavy atom. The Bertz CT molecular complexity index is 1300. The lowest BCUT2D eigenvalue weighted by atomic mass is 9.89. The number of likely N-dealkylation sites (tertiary alicyclic amines) is 1. The molecule has 4 heterocycles. The molecule has 5 nitrogen and oxygen atoms in total. The molecule has 0 spiro atoms. The summed E-state index contributed by atoms with van der Waals surface area (Å²) in [6, 6.07) is 13.3. The van der Waals surface area contributed by atoms with Gasteiger partial charge in [-0.2, -0.15) is 0 Å². The molecular weight excluding hydrogens is 403 g/mol. The number of fused-ring (bicyclic) bond motifs is 4. The zero-order valence-corrected chi connectivity index (χ0v) is 18.0. The fraction of sp³-hybridized carbons (Fsp3) is 0.346. The summed E-state index contributed by atoms with van der Waals surface area (Å²) in [5.74, 6) is 0.461. The van der Waals surface area contributed by atoms with Crippen molar-refractivity contribution in [2.45, 2.75) is 31.7 Å². The quantitative estimate of drug-likeness (QED) is 0.501. The number of nitrogens with one attached hydrogen (secondary N) is 2. The number of carbonyl (C=O) groups excluding carboxylic acids is 1. The lowest BCUT2D eigenvalue weighted by Gasteiger charge is -2.34. The van der Waals surface area contributed by atoms with E-state index in [0.717, 1.165) is 55.3 Å². The molecule has 0 aliphatic carbocycles. The molecule has 1 saturated heterocycles. The average molecular weight is 431 g/mol. The van der Waals surface area contributed by atoms with Crippen LogP contribution in [0.15, 0.2) is 48.7 Å². The van der Waals surface area contributed by atoms with Crippen molar-refractivity contribution in [3.63, 3.8) is 0 Å². The van der Waals surface area contributed by atoms with E-state index >= 15 is 0 Å². The third-order valence-electron chi connectivity index (χ3n) is 7.30. The van der Waals surface area contributed by atoms with E-state index in [4.69, 9.17) is 0 Å². The monoisotopic (exact) mass is 430 g/mol. The van der Waals surface area contributed by atoms with Crippen molar-refractivity contribution in [1.82, 2.24) is 19.8 Å². The highest BCUT2D eigenvalue weighted by molar-refractivity contribution is 5.86. The molecule has 2 aromatic heterocycles. The predicted molar refractivity (Wildman–Crippen MR) is 124 cm³/mol. The van der Waals surface area contributed by atoms with Gasteiger partial charge in [0.15, 0.2) is 0 Å². The van der Waals surface area contributed by atoms with Crippen LogP contribution in [-0.2, 0) is 17.8 Å². The Balaban J connectivity index is 1.09. The van der Waals surface area contributed by atoms with Crippen molar-refractivity contribution in [2.75, 3.05) is 26.2 Å². The molecule has 2 aliphatic heterocycles. The van der Waals surface area contributed by atoms with Gasteiger partial charge < -0.3 is 14.9 Å². The van der Waals surface area contributed by atoms with E-state index < -0.39 is 0 Å². The third kappa shape index (κ3) is 3.39. The molecule has 6 heteroatoms. The number of piperidine rings is 1. The number of benzene rings is 2. The van der Waals surface area contributed by atoms with Gasteiger partial charge in [-0.25, -0.2) is 4.39 Å². The number of amides is 1. The van der Waals surface area contributed by atoms with Gasteiger partial charge in [0, 0.05) is 58.8 Å². The van der Waals surface area contributed by atoms with Crippen molar-refractivity contribution in [3.8, 4) is 0 Å². The number of hydrogen-bond acceptors (Lipinski definition) is 2. The Kier molecular flexibility index (Phi) is 4.76. The summed E-state index contributed by atoms with van der Waals surface area (Å²) in [6.07, 6.45) is 4.95. The van der Waals surface area contributed by atoms with Crippen molar-refractivity contribution >= 4 is 27.7 Å². The van der Waals surface area contributed by atoms with Gasteiger partial charge in [-0.1, -0.05) is 18.2 Å². The number of H-pyrrole nitrogens is 2. The van der Waals surface area contributed by atoms with Crippen LogP contribution < -0.4 is 0 Å². The van der Waals surface area contributed by atoms with E-state index in [2.05, 4.69) is 33.1 Å². The van der Waals surface area contributed by atoms with Gasteiger partial charge in [0.25, 0.3) is 0 Å². The first kappa shape index (κ1) is 19.6. The molecule has 1 fully saturated rings. The molecule has 0 saturated carbocycles. The maximum atomic E-state index is 13.5. The van der Waals surface area contributed by atoms with Crippen molar-refractivity contribution in [2.24, 2.45) is 0 Å². The highest BCUT2D eigenvalue weighted by atomic mass is 19.1. The van der Waals surface area contributed by atoms with Crippen LogP contribution in [0, 0.1) is 5.82 Å². The van der Waals surface area contributed by atoms with Gasteiger partial charge >= 0.3 is 0 Å². The molecule has 0 bridgehead atoms. The maximum absolute atomic E-state index is 13.5. The summed E-state index contributed by atoms with van der Waals surface area (Å²) >= 11 is 0. The first-order valence-electron chi connectivity index (χ1n) is 11.5. The number of halogens is 1. The van der Waals surface area contributed by atoms with Crippen LogP contribution >= 0.6 is 0 Å². The van der Waals surface area contributed by atoms with Crippen molar-refractivity contribution < 1.29 is 9.18 Å². The van der Waals surface area contributed by atoms with Crippen LogP contribution in [0.5, 0.6) is 0 Å². The standard InChI is InChI=1S/C26H27FN4O/c27-18-5-6-20-21(14-28-25(20)13-18)17-7-10-30(11-8-17)16-26(32)31-12-9-24-22(15-31)19-3-1-2-4-23(19)29-24/h1-6,13-14,17,28-29H,7-12,15-16H2. The first-order valence-corrected chi connectivity index (χ1v) is 11.5. The fourth-order valence-corrected chi connectivity index (χ4v) is 5.53. The number of rotatable bonds is 3. The van der Waals surface area contributed by atoms with Gasteiger partial charge in [-0.15, -0.1) is 0 Å². The molecule has 32 heavy (non-hydrogen) atoms. The number of hydrogen-bond donors (Lipinski definition) is 2. The number of nitrogens with zero attached hydrogens (tertiary/aromatic N) is 2. The minimum Gasteiger partial charge on any atom is -0.361 e. The van der Waals surface area contributed by atoms with Crippen LogP contribution in [0.1, 0.15) is 35.6 Å². The topological polar surface area (TPSA) is 55.1 Å². The van der Waals surface area contributed by atoms with Crippen LogP contribution in [0.4, 0.5) is 4.39 Å². The summed E-state index contributed by atoms with van der Waals surface area (Å²) < 4.78 is 13.5. The molecular formula is C26H27FN4O. The molecule has 6 rings (SSSR count). The van der Waals surface area contributed by atoms with Crippen molar-refractivity contribution in [3.05, 3.63) is 71.3 Å². The zero-order chi connectivity index (χ0) is 21.7. The second kappa shape index (κ2) is 7.78. The Hall–Kier alpha value is -3.12. The molecule has 4 aromatic rings. The average Bonchev–Trinajstić information content (AvgIpc) is 3.40. The van der Waals surface area contributed by atoms with Gasteiger partial charge in [-0.3, -0.25) is 9.69 Å². The Labute approximate surface area is 186 Å². The zero-order valence-electron chi connectivity index (χ0n) is 18.0. The number of para-hydroxylation sites is 1. The third-order valence-corrected chi connectivity index (χ3v) is 7.30.